The number of hydrogen-bond acceptors (Lipinski definition) is 3. The normalized spacial score (nSPS) is 11.2. The molecule has 4 nitrogen and oxygen atoms in total. The van der Waals surface area contributed by atoms with Crippen molar-refractivity contribution < 1.29 is 0 Å². The molecule has 0 aliphatic heterocycles. The van der Waals surface area contributed by atoms with Gasteiger partial charge in [0.25, 0.3) is 0 Å². The van der Waals surface area contributed by atoms with Crippen LogP contribution in [-0.2, 0) is 13.6 Å². The van der Waals surface area contributed by atoms with Crippen LogP contribution in [0.5, 0.6) is 0 Å². The minimum absolute atomic E-state index is 0.863. The third-order valence-electron chi connectivity index (χ3n) is 2.93. The SMILES string of the molecule is CCN(CC)CCCNCc1nccn1C. The molecule has 0 bridgehead atoms. The van der Waals surface area contributed by atoms with E-state index in [0.29, 0.717) is 0 Å². The molecular formula is C12H24N4. The molecule has 0 atom stereocenters. The van der Waals surface area contributed by atoms with E-state index < -0.39 is 0 Å². The molecule has 1 N–H and O–H groups in total. The van der Waals surface area contributed by atoms with E-state index in [2.05, 4.69) is 33.6 Å². The van der Waals surface area contributed by atoms with Crippen LogP contribution >= 0.6 is 0 Å². The van der Waals surface area contributed by atoms with Gasteiger partial charge in [-0.25, -0.2) is 4.98 Å². The Morgan fingerprint density at radius 3 is 2.69 bits per heavy atom. The molecule has 0 amide bonds. The van der Waals surface area contributed by atoms with Crippen LogP contribution in [0.2, 0.25) is 0 Å². The van der Waals surface area contributed by atoms with Crippen molar-refractivity contribution in [1.29, 1.82) is 0 Å². The predicted molar refractivity (Wildman–Crippen MR) is 67.3 cm³/mol. The third kappa shape index (κ3) is 4.33. The van der Waals surface area contributed by atoms with Gasteiger partial charge in [-0.05, 0) is 32.6 Å². The summed E-state index contributed by atoms with van der Waals surface area (Å²) in [5.74, 6) is 1.10. The number of aromatic nitrogens is 2. The zero-order chi connectivity index (χ0) is 11.8. The quantitative estimate of drug-likeness (QED) is 0.675. The summed E-state index contributed by atoms with van der Waals surface area (Å²) >= 11 is 0. The minimum Gasteiger partial charge on any atom is -0.337 e. The van der Waals surface area contributed by atoms with E-state index in [1.54, 1.807) is 0 Å². The lowest BCUT2D eigenvalue weighted by Gasteiger charge is -2.17. The second kappa shape index (κ2) is 7.41. The van der Waals surface area contributed by atoms with Crippen LogP contribution in [0.15, 0.2) is 12.4 Å². The third-order valence-corrected chi connectivity index (χ3v) is 2.93. The van der Waals surface area contributed by atoms with Crippen LogP contribution in [-0.4, -0.2) is 40.6 Å². The summed E-state index contributed by atoms with van der Waals surface area (Å²) in [4.78, 5) is 6.72. The van der Waals surface area contributed by atoms with Crippen molar-refractivity contribution in [3.05, 3.63) is 18.2 Å². The second-order valence-electron chi connectivity index (χ2n) is 4.01. The fourth-order valence-electron chi connectivity index (χ4n) is 1.73. The molecule has 0 aliphatic rings. The first-order valence-corrected chi connectivity index (χ1v) is 6.17. The Hall–Kier alpha value is -0.870. The summed E-state index contributed by atoms with van der Waals surface area (Å²) < 4.78 is 2.05. The Morgan fingerprint density at radius 2 is 2.12 bits per heavy atom. The Kier molecular flexibility index (Phi) is 6.11. The smallest absolute Gasteiger partial charge is 0.122 e. The largest absolute Gasteiger partial charge is 0.337 e. The van der Waals surface area contributed by atoms with Crippen molar-refractivity contribution in [2.24, 2.45) is 7.05 Å². The number of nitrogens with zero attached hydrogens (tertiary/aromatic N) is 3. The summed E-state index contributed by atoms with van der Waals surface area (Å²) in [7, 11) is 2.03. The molecule has 0 radical (unpaired) electrons. The summed E-state index contributed by atoms with van der Waals surface area (Å²) in [6.07, 6.45) is 5.02. The standard InChI is InChI=1S/C12H24N4/c1-4-16(5-2)9-6-7-13-11-12-14-8-10-15(12)3/h8,10,13H,4-7,9,11H2,1-3H3. The Morgan fingerprint density at radius 1 is 1.38 bits per heavy atom. The maximum atomic E-state index is 4.27. The van der Waals surface area contributed by atoms with Crippen LogP contribution in [0, 0.1) is 0 Å². The van der Waals surface area contributed by atoms with Gasteiger partial charge in [-0.2, -0.15) is 0 Å². The number of hydrogen-bond donors (Lipinski definition) is 1. The van der Waals surface area contributed by atoms with Gasteiger partial charge in [0, 0.05) is 19.4 Å². The van der Waals surface area contributed by atoms with Gasteiger partial charge in [-0.3, -0.25) is 0 Å². The highest BCUT2D eigenvalue weighted by Crippen LogP contribution is 1.94. The van der Waals surface area contributed by atoms with Crippen LogP contribution in [0.25, 0.3) is 0 Å². The van der Waals surface area contributed by atoms with Gasteiger partial charge in [0.15, 0.2) is 0 Å². The molecule has 0 aliphatic carbocycles. The molecule has 0 fully saturated rings. The lowest BCUT2D eigenvalue weighted by Crippen LogP contribution is -2.27. The summed E-state index contributed by atoms with van der Waals surface area (Å²) in [5.41, 5.74) is 0. The molecule has 0 saturated carbocycles. The van der Waals surface area contributed by atoms with Gasteiger partial charge in [0.1, 0.15) is 5.82 Å². The topological polar surface area (TPSA) is 33.1 Å². The van der Waals surface area contributed by atoms with Gasteiger partial charge < -0.3 is 14.8 Å². The molecule has 16 heavy (non-hydrogen) atoms. The maximum absolute atomic E-state index is 4.27. The maximum Gasteiger partial charge on any atom is 0.122 e. The molecule has 0 spiro atoms. The molecule has 1 heterocycles. The Bertz CT molecular complexity index is 278. The number of imidazole rings is 1. The molecule has 4 heteroatoms. The first kappa shape index (κ1) is 13.2. The fraction of sp³-hybridized carbons (Fsp3) is 0.750. The van der Waals surface area contributed by atoms with Gasteiger partial charge in [-0.15, -0.1) is 0 Å². The van der Waals surface area contributed by atoms with Gasteiger partial charge in [0.05, 0.1) is 6.54 Å². The zero-order valence-corrected chi connectivity index (χ0v) is 10.7. The van der Waals surface area contributed by atoms with E-state index in [1.807, 2.05) is 19.4 Å². The van der Waals surface area contributed by atoms with Gasteiger partial charge in [0.2, 0.25) is 0 Å². The van der Waals surface area contributed by atoms with Crippen LogP contribution < -0.4 is 5.32 Å². The molecule has 0 aromatic carbocycles. The average molecular weight is 224 g/mol. The summed E-state index contributed by atoms with van der Waals surface area (Å²) in [6, 6.07) is 0. The second-order valence-corrected chi connectivity index (χ2v) is 4.01. The highest BCUT2D eigenvalue weighted by Gasteiger charge is 1.99. The van der Waals surface area contributed by atoms with E-state index in [-0.39, 0.29) is 0 Å². The zero-order valence-electron chi connectivity index (χ0n) is 10.7. The van der Waals surface area contributed by atoms with E-state index in [9.17, 15) is 0 Å². The summed E-state index contributed by atoms with van der Waals surface area (Å²) in [5, 5.41) is 3.42. The van der Waals surface area contributed by atoms with Crippen LogP contribution in [0.3, 0.4) is 0 Å². The highest BCUT2D eigenvalue weighted by atomic mass is 15.1. The molecule has 0 unspecified atom stereocenters. The number of aryl methyl sites for hydroxylation is 1. The lowest BCUT2D eigenvalue weighted by atomic mass is 10.3. The van der Waals surface area contributed by atoms with Crippen molar-refractivity contribution in [2.75, 3.05) is 26.2 Å². The fourth-order valence-corrected chi connectivity index (χ4v) is 1.73. The van der Waals surface area contributed by atoms with E-state index in [0.717, 1.165) is 32.0 Å². The Labute approximate surface area is 98.7 Å². The van der Waals surface area contributed by atoms with Crippen molar-refractivity contribution in [3.8, 4) is 0 Å². The molecular weight excluding hydrogens is 200 g/mol. The molecule has 1 aromatic heterocycles. The monoisotopic (exact) mass is 224 g/mol. The number of rotatable bonds is 8. The van der Waals surface area contributed by atoms with Crippen LogP contribution in [0.4, 0.5) is 0 Å². The number of nitrogens with one attached hydrogen (secondary N) is 1. The van der Waals surface area contributed by atoms with E-state index in [1.165, 1.54) is 13.0 Å². The minimum atomic E-state index is 0.863. The Balaban J connectivity index is 2.06. The van der Waals surface area contributed by atoms with Crippen molar-refractivity contribution in [2.45, 2.75) is 26.8 Å². The highest BCUT2D eigenvalue weighted by molar-refractivity contribution is 4.90. The molecule has 92 valence electrons. The lowest BCUT2D eigenvalue weighted by molar-refractivity contribution is 0.297. The van der Waals surface area contributed by atoms with Crippen molar-refractivity contribution in [3.63, 3.8) is 0 Å². The van der Waals surface area contributed by atoms with Crippen molar-refractivity contribution >= 4 is 0 Å². The van der Waals surface area contributed by atoms with E-state index >= 15 is 0 Å². The van der Waals surface area contributed by atoms with Crippen LogP contribution in [0.1, 0.15) is 26.1 Å². The summed E-state index contributed by atoms with van der Waals surface area (Å²) in [6.45, 7) is 9.83. The molecule has 0 saturated heterocycles. The predicted octanol–water partition coefficient (Wildman–Crippen LogP) is 1.24. The van der Waals surface area contributed by atoms with E-state index in [4.69, 9.17) is 0 Å². The molecule has 1 aromatic rings. The average Bonchev–Trinajstić information content (AvgIpc) is 2.70. The van der Waals surface area contributed by atoms with Gasteiger partial charge in [-0.1, -0.05) is 13.8 Å². The van der Waals surface area contributed by atoms with Gasteiger partial charge >= 0.3 is 0 Å². The first-order chi connectivity index (χ1) is 7.77. The molecule has 1 rings (SSSR count). The first-order valence-electron chi connectivity index (χ1n) is 6.17. The van der Waals surface area contributed by atoms with Crippen molar-refractivity contribution in [1.82, 2.24) is 19.8 Å².